The summed E-state index contributed by atoms with van der Waals surface area (Å²) in [5.41, 5.74) is 6.57. The van der Waals surface area contributed by atoms with Gasteiger partial charge in [0.25, 0.3) is 6.02 Å². The molecule has 1 saturated heterocycles. The number of aliphatic imine (C=N–C) groups is 1. The molecule has 0 spiro atoms. The molecule has 6 heteroatoms. The molecule has 146 valence electrons. The minimum Gasteiger partial charge on any atom is -0.492 e. The molecule has 2 N–H and O–H groups in total. The van der Waals surface area contributed by atoms with Crippen LogP contribution in [-0.2, 0) is 4.74 Å². The number of para-hydroxylation sites is 1. The summed E-state index contributed by atoms with van der Waals surface area (Å²) in [6.45, 7) is 9.10. The second kappa shape index (κ2) is 11.9. The molecule has 0 radical (unpaired) electrons. The summed E-state index contributed by atoms with van der Waals surface area (Å²) in [6.07, 6.45) is 0. The highest BCUT2D eigenvalue weighted by molar-refractivity contribution is 5.77. The average molecular weight is 371 g/mol. The van der Waals surface area contributed by atoms with Gasteiger partial charge in [0, 0.05) is 19.6 Å². The maximum atomic E-state index is 5.82. The zero-order valence-corrected chi connectivity index (χ0v) is 16.1. The van der Waals surface area contributed by atoms with Crippen LogP contribution in [0.4, 0.5) is 5.69 Å². The highest BCUT2D eigenvalue weighted by Crippen LogP contribution is 2.18. The van der Waals surface area contributed by atoms with Gasteiger partial charge in [-0.15, -0.1) is 0 Å². The number of ether oxygens (including phenoxy) is 3. The van der Waals surface area contributed by atoms with Gasteiger partial charge in [0.05, 0.1) is 18.9 Å². The Morgan fingerprint density at radius 2 is 1.63 bits per heavy atom. The Bertz CT molecular complexity index is 669. The van der Waals surface area contributed by atoms with Crippen molar-refractivity contribution in [1.82, 2.24) is 4.90 Å². The number of morpholine rings is 1. The number of amidine groups is 1. The van der Waals surface area contributed by atoms with Crippen LogP contribution in [0.3, 0.4) is 0 Å². The maximum Gasteiger partial charge on any atom is 0.292 e. The largest absolute Gasteiger partial charge is 0.492 e. The van der Waals surface area contributed by atoms with Gasteiger partial charge in [-0.05, 0) is 36.4 Å². The number of benzene rings is 2. The van der Waals surface area contributed by atoms with E-state index in [0.717, 1.165) is 44.3 Å². The van der Waals surface area contributed by atoms with Crippen molar-refractivity contribution in [3.63, 3.8) is 0 Å². The summed E-state index contributed by atoms with van der Waals surface area (Å²) >= 11 is 0. The van der Waals surface area contributed by atoms with Crippen LogP contribution >= 0.6 is 0 Å². The number of nitrogens with two attached hydrogens (primary N) is 1. The van der Waals surface area contributed by atoms with Crippen LogP contribution in [0.1, 0.15) is 13.8 Å². The van der Waals surface area contributed by atoms with Gasteiger partial charge in [-0.3, -0.25) is 4.90 Å². The van der Waals surface area contributed by atoms with Gasteiger partial charge in [0.2, 0.25) is 0 Å². The molecule has 2 aromatic carbocycles. The summed E-state index contributed by atoms with van der Waals surface area (Å²) in [5, 5.41) is 0. The molecule has 0 aliphatic carbocycles. The Morgan fingerprint density at radius 1 is 1.00 bits per heavy atom. The molecule has 1 aliphatic heterocycles. The topological polar surface area (TPSA) is 69.3 Å². The minimum atomic E-state index is 0.104. The lowest BCUT2D eigenvalue weighted by molar-refractivity contribution is 0.0322. The van der Waals surface area contributed by atoms with Crippen molar-refractivity contribution in [3.8, 4) is 11.5 Å². The van der Waals surface area contributed by atoms with E-state index in [0.29, 0.717) is 12.4 Å². The summed E-state index contributed by atoms with van der Waals surface area (Å²) in [5.74, 6) is 1.43. The molecule has 1 aliphatic rings. The van der Waals surface area contributed by atoms with E-state index in [1.165, 1.54) is 0 Å². The molecule has 6 nitrogen and oxygen atoms in total. The zero-order valence-electron chi connectivity index (χ0n) is 16.1. The predicted octanol–water partition coefficient (Wildman–Crippen LogP) is 3.45. The number of nitrogens with zero attached hydrogens (tertiary/aromatic N) is 2. The fourth-order valence-electron chi connectivity index (χ4n) is 2.49. The van der Waals surface area contributed by atoms with Crippen molar-refractivity contribution in [2.24, 2.45) is 10.7 Å². The summed E-state index contributed by atoms with van der Waals surface area (Å²) in [7, 11) is 0. The molecule has 3 rings (SSSR count). The van der Waals surface area contributed by atoms with Crippen molar-refractivity contribution in [2.45, 2.75) is 13.8 Å². The molecule has 0 amide bonds. The van der Waals surface area contributed by atoms with E-state index in [2.05, 4.69) is 9.89 Å². The lowest BCUT2D eigenvalue weighted by atomic mass is 10.3. The zero-order chi connectivity index (χ0) is 19.3. The summed E-state index contributed by atoms with van der Waals surface area (Å²) in [6, 6.07) is 16.9. The molecule has 2 aromatic rings. The van der Waals surface area contributed by atoms with Crippen LogP contribution in [0.15, 0.2) is 59.6 Å². The number of hydrogen-bond donors (Lipinski definition) is 1. The lowest BCUT2D eigenvalue weighted by Gasteiger charge is -2.26. The van der Waals surface area contributed by atoms with Crippen LogP contribution in [0.25, 0.3) is 0 Å². The van der Waals surface area contributed by atoms with Crippen molar-refractivity contribution in [2.75, 3.05) is 39.5 Å². The predicted molar refractivity (Wildman–Crippen MR) is 109 cm³/mol. The Labute approximate surface area is 161 Å². The van der Waals surface area contributed by atoms with Gasteiger partial charge < -0.3 is 19.9 Å². The first-order valence-electron chi connectivity index (χ1n) is 9.40. The van der Waals surface area contributed by atoms with Gasteiger partial charge >= 0.3 is 0 Å². The maximum absolute atomic E-state index is 5.82. The second-order valence-corrected chi connectivity index (χ2v) is 5.66. The molecular formula is C21H29N3O3. The third-order valence-corrected chi connectivity index (χ3v) is 3.82. The fraction of sp³-hybridized carbons (Fsp3) is 0.381. The van der Waals surface area contributed by atoms with Crippen molar-refractivity contribution < 1.29 is 14.2 Å². The first kappa shape index (κ1) is 20.7. The van der Waals surface area contributed by atoms with Gasteiger partial charge in [0.1, 0.15) is 18.1 Å². The molecule has 0 saturated carbocycles. The average Bonchev–Trinajstić information content (AvgIpc) is 2.72. The number of hydrogen-bond acceptors (Lipinski definition) is 5. The van der Waals surface area contributed by atoms with Crippen LogP contribution in [0.2, 0.25) is 0 Å². The molecule has 1 heterocycles. The van der Waals surface area contributed by atoms with E-state index in [1.807, 2.05) is 68.4 Å². The van der Waals surface area contributed by atoms with Crippen molar-refractivity contribution >= 4 is 11.7 Å². The van der Waals surface area contributed by atoms with E-state index >= 15 is 0 Å². The Morgan fingerprint density at radius 3 is 2.30 bits per heavy atom. The monoisotopic (exact) mass is 371 g/mol. The van der Waals surface area contributed by atoms with Crippen LogP contribution in [0.5, 0.6) is 11.5 Å². The third-order valence-electron chi connectivity index (χ3n) is 3.82. The lowest BCUT2D eigenvalue weighted by Crippen LogP contribution is -2.38. The third kappa shape index (κ3) is 7.68. The van der Waals surface area contributed by atoms with Crippen LogP contribution < -0.4 is 15.2 Å². The Hall–Kier alpha value is -2.57. The minimum absolute atomic E-state index is 0.104. The normalized spacial score (nSPS) is 14.8. The standard InChI is InChI=1S/C19H23N3O3.C2H6/c20-19(21-16-4-2-1-3-5-16)25-18-8-6-17(7-9-18)24-15-12-22-10-13-23-14-11-22;1-2/h1-9H,10-15H2,(H2,20,21);1-2H3. The summed E-state index contributed by atoms with van der Waals surface area (Å²) in [4.78, 5) is 6.54. The van der Waals surface area contributed by atoms with Gasteiger partial charge in [-0.25, -0.2) is 0 Å². The molecule has 0 unspecified atom stereocenters. The van der Waals surface area contributed by atoms with Gasteiger partial charge in [-0.1, -0.05) is 32.0 Å². The number of rotatable bonds is 6. The molecule has 0 bridgehead atoms. The second-order valence-electron chi connectivity index (χ2n) is 5.66. The quantitative estimate of drug-likeness (QED) is 0.622. The van der Waals surface area contributed by atoms with E-state index in [9.17, 15) is 0 Å². The highest BCUT2D eigenvalue weighted by atomic mass is 16.5. The molecule has 0 aromatic heterocycles. The van der Waals surface area contributed by atoms with Crippen LogP contribution in [0, 0.1) is 0 Å². The molecule has 0 atom stereocenters. The van der Waals surface area contributed by atoms with E-state index in [4.69, 9.17) is 19.9 Å². The fourth-order valence-corrected chi connectivity index (χ4v) is 2.49. The van der Waals surface area contributed by atoms with Crippen molar-refractivity contribution in [1.29, 1.82) is 0 Å². The van der Waals surface area contributed by atoms with E-state index in [1.54, 1.807) is 0 Å². The van der Waals surface area contributed by atoms with Crippen molar-refractivity contribution in [3.05, 3.63) is 54.6 Å². The highest BCUT2D eigenvalue weighted by Gasteiger charge is 2.09. The SMILES string of the molecule is CC.NC(=Nc1ccccc1)Oc1ccc(OCCN2CCOCC2)cc1. The smallest absolute Gasteiger partial charge is 0.292 e. The summed E-state index contributed by atoms with van der Waals surface area (Å²) < 4.78 is 16.6. The van der Waals surface area contributed by atoms with E-state index < -0.39 is 0 Å². The molecule has 27 heavy (non-hydrogen) atoms. The Balaban J connectivity index is 0.00000126. The first-order chi connectivity index (χ1) is 13.3. The van der Waals surface area contributed by atoms with Gasteiger partial charge in [-0.2, -0.15) is 4.99 Å². The van der Waals surface area contributed by atoms with E-state index in [-0.39, 0.29) is 6.02 Å². The van der Waals surface area contributed by atoms with Gasteiger partial charge in [0.15, 0.2) is 0 Å². The van der Waals surface area contributed by atoms with Crippen LogP contribution in [-0.4, -0.2) is 50.4 Å². The Kier molecular flexibility index (Phi) is 9.17. The molecular weight excluding hydrogens is 342 g/mol. The first-order valence-corrected chi connectivity index (χ1v) is 9.40. The molecule has 1 fully saturated rings.